The second-order valence-electron chi connectivity index (χ2n) is 6.01. The van der Waals surface area contributed by atoms with Crippen LogP contribution < -0.4 is 0 Å². The Bertz CT molecular complexity index is 562. The third-order valence-electron chi connectivity index (χ3n) is 4.27. The Labute approximate surface area is 148 Å². The van der Waals surface area contributed by atoms with Gasteiger partial charge in [-0.25, -0.2) is 0 Å². The summed E-state index contributed by atoms with van der Waals surface area (Å²) in [7, 11) is 1.80. The van der Waals surface area contributed by atoms with Crippen LogP contribution in [0, 0.1) is 0 Å². The number of carbonyl (C=O) groups is 2. The van der Waals surface area contributed by atoms with E-state index in [0.717, 1.165) is 24.2 Å². The van der Waals surface area contributed by atoms with E-state index >= 15 is 0 Å². The molecule has 1 aromatic rings. The number of hydrogen-bond donors (Lipinski definition) is 1. The van der Waals surface area contributed by atoms with E-state index in [-0.39, 0.29) is 24.5 Å². The molecule has 1 saturated heterocycles. The van der Waals surface area contributed by atoms with Crippen molar-refractivity contribution < 1.29 is 14.7 Å². The lowest BCUT2D eigenvalue weighted by molar-refractivity contribution is -0.138. The van der Waals surface area contributed by atoms with E-state index in [1.165, 1.54) is 0 Å². The van der Waals surface area contributed by atoms with Gasteiger partial charge in [0, 0.05) is 36.3 Å². The number of piperazine rings is 1. The quantitative estimate of drug-likeness (QED) is 0.766. The number of unbranched alkanes of at least 4 members (excludes halogenated alkanes) is 1. The highest BCUT2D eigenvalue weighted by molar-refractivity contribution is 7.99. The number of nitrogens with zero attached hydrogens (tertiary/aromatic N) is 2. The molecule has 1 heterocycles. The van der Waals surface area contributed by atoms with Gasteiger partial charge in [0.15, 0.2) is 0 Å². The molecule has 1 aromatic carbocycles. The normalized spacial score (nSPS) is 18.1. The van der Waals surface area contributed by atoms with E-state index in [4.69, 9.17) is 5.11 Å². The zero-order valence-electron chi connectivity index (χ0n) is 14.4. The molecule has 24 heavy (non-hydrogen) atoms. The highest BCUT2D eigenvalue weighted by Gasteiger charge is 2.35. The summed E-state index contributed by atoms with van der Waals surface area (Å²) in [5, 5.41) is 8.87. The molecule has 6 heteroatoms. The predicted octanol–water partition coefficient (Wildman–Crippen LogP) is 2.24. The van der Waals surface area contributed by atoms with Crippen LogP contribution in [-0.4, -0.2) is 65.3 Å². The van der Waals surface area contributed by atoms with Crippen molar-refractivity contribution in [3.05, 3.63) is 29.8 Å². The van der Waals surface area contributed by atoms with Crippen molar-refractivity contribution in [3.63, 3.8) is 0 Å². The summed E-state index contributed by atoms with van der Waals surface area (Å²) in [6.45, 7) is 3.38. The number of benzene rings is 1. The van der Waals surface area contributed by atoms with Gasteiger partial charge in [0.05, 0.1) is 6.61 Å². The van der Waals surface area contributed by atoms with E-state index in [0.29, 0.717) is 24.4 Å². The Balaban J connectivity index is 2.11. The number of hydrogen-bond acceptors (Lipinski definition) is 4. The second kappa shape index (κ2) is 9.08. The minimum Gasteiger partial charge on any atom is -0.396 e. The summed E-state index contributed by atoms with van der Waals surface area (Å²) in [5.74, 6) is 0.605. The summed E-state index contributed by atoms with van der Waals surface area (Å²) < 4.78 is 0. The third kappa shape index (κ3) is 4.51. The molecular formula is C18H26N2O3S. The minimum absolute atomic E-state index is 0.0400. The molecular weight excluding hydrogens is 324 g/mol. The fourth-order valence-electron chi connectivity index (χ4n) is 2.85. The molecule has 0 spiro atoms. The van der Waals surface area contributed by atoms with Gasteiger partial charge < -0.3 is 14.9 Å². The van der Waals surface area contributed by atoms with Crippen LogP contribution in [-0.2, 0) is 4.79 Å². The van der Waals surface area contributed by atoms with Crippen LogP contribution in [0.25, 0.3) is 0 Å². The van der Waals surface area contributed by atoms with E-state index in [1.807, 2.05) is 24.3 Å². The molecule has 0 saturated carbocycles. The van der Waals surface area contributed by atoms with Gasteiger partial charge in [-0.15, -0.1) is 11.8 Å². The first-order valence-corrected chi connectivity index (χ1v) is 9.46. The number of rotatable bonds is 7. The van der Waals surface area contributed by atoms with Crippen LogP contribution in [0.1, 0.15) is 36.5 Å². The minimum atomic E-state index is -0.348. The maximum absolute atomic E-state index is 12.9. The lowest BCUT2D eigenvalue weighted by Gasteiger charge is -2.39. The van der Waals surface area contributed by atoms with Crippen molar-refractivity contribution in [3.8, 4) is 0 Å². The first-order chi connectivity index (χ1) is 11.6. The number of thioether (sulfide) groups is 1. The van der Waals surface area contributed by atoms with Crippen LogP contribution in [0.4, 0.5) is 0 Å². The van der Waals surface area contributed by atoms with E-state index in [9.17, 15) is 9.59 Å². The summed E-state index contributed by atoms with van der Waals surface area (Å²) in [5.41, 5.74) is 0.613. The largest absolute Gasteiger partial charge is 0.396 e. The van der Waals surface area contributed by atoms with Gasteiger partial charge in [-0.2, -0.15) is 0 Å². The number of aliphatic hydroxyl groups excluding tert-OH is 1. The molecule has 5 nitrogen and oxygen atoms in total. The second-order valence-corrected chi connectivity index (χ2v) is 7.18. The van der Waals surface area contributed by atoms with Gasteiger partial charge in [-0.3, -0.25) is 9.59 Å². The van der Waals surface area contributed by atoms with E-state index in [1.54, 1.807) is 28.6 Å². The Morgan fingerprint density at radius 3 is 2.62 bits per heavy atom. The number of amides is 2. The van der Waals surface area contributed by atoms with Gasteiger partial charge in [0.25, 0.3) is 5.91 Å². The van der Waals surface area contributed by atoms with Gasteiger partial charge in [-0.1, -0.05) is 19.8 Å². The number of carbonyl (C=O) groups excluding carboxylic acids is 2. The molecule has 0 aromatic heterocycles. The molecule has 2 rings (SSSR count). The van der Waals surface area contributed by atoms with Crippen molar-refractivity contribution in [1.29, 1.82) is 0 Å². The van der Waals surface area contributed by atoms with Crippen LogP contribution in [0.2, 0.25) is 0 Å². The maximum atomic E-state index is 12.9. The molecule has 1 aliphatic heterocycles. The summed E-state index contributed by atoms with van der Waals surface area (Å²) in [6.07, 6.45) is 2.66. The molecule has 1 aliphatic rings. The van der Waals surface area contributed by atoms with Crippen molar-refractivity contribution in [1.82, 2.24) is 9.80 Å². The lowest BCUT2D eigenvalue weighted by Crippen LogP contribution is -2.57. The Morgan fingerprint density at radius 1 is 1.29 bits per heavy atom. The van der Waals surface area contributed by atoms with Crippen molar-refractivity contribution >= 4 is 23.6 Å². The molecule has 1 N–H and O–H groups in total. The monoisotopic (exact) mass is 350 g/mol. The average Bonchev–Trinajstić information content (AvgIpc) is 2.61. The van der Waals surface area contributed by atoms with E-state index < -0.39 is 0 Å². The molecule has 0 radical (unpaired) electrons. The summed E-state index contributed by atoms with van der Waals surface area (Å²) >= 11 is 1.55. The van der Waals surface area contributed by atoms with Gasteiger partial charge >= 0.3 is 0 Å². The molecule has 0 aliphatic carbocycles. The first kappa shape index (κ1) is 18.8. The molecule has 1 atom stereocenters. The molecule has 0 bridgehead atoms. The molecule has 1 unspecified atom stereocenters. The molecule has 2 amide bonds. The van der Waals surface area contributed by atoms with Gasteiger partial charge in [0.1, 0.15) is 6.04 Å². The zero-order valence-corrected chi connectivity index (χ0v) is 15.2. The van der Waals surface area contributed by atoms with Crippen molar-refractivity contribution in [2.45, 2.75) is 37.1 Å². The van der Waals surface area contributed by atoms with Gasteiger partial charge in [0.2, 0.25) is 5.91 Å². The fourth-order valence-corrected chi connectivity index (χ4v) is 3.51. The number of aliphatic hydroxyl groups is 1. The lowest BCUT2D eigenvalue weighted by atomic mass is 10.0. The van der Waals surface area contributed by atoms with Crippen LogP contribution in [0.3, 0.4) is 0 Å². The highest BCUT2D eigenvalue weighted by atomic mass is 32.2. The molecule has 1 fully saturated rings. The van der Waals surface area contributed by atoms with Crippen molar-refractivity contribution in [2.75, 3.05) is 32.5 Å². The SMILES string of the molecule is CCCCC1C(=O)N(C)CCN1C(=O)c1ccc(SCCO)cc1. The third-order valence-corrected chi connectivity index (χ3v) is 5.26. The zero-order chi connectivity index (χ0) is 17.5. The standard InChI is InChI=1S/C18H26N2O3S/c1-3-4-5-16-18(23)19(2)10-11-20(16)17(22)14-6-8-15(9-7-14)24-13-12-21/h6-9,16,21H,3-5,10-13H2,1-2H3. The summed E-state index contributed by atoms with van der Waals surface area (Å²) in [4.78, 5) is 29.8. The highest BCUT2D eigenvalue weighted by Crippen LogP contribution is 2.22. The van der Waals surface area contributed by atoms with Crippen molar-refractivity contribution in [2.24, 2.45) is 0 Å². The van der Waals surface area contributed by atoms with Crippen LogP contribution in [0.15, 0.2) is 29.2 Å². The first-order valence-electron chi connectivity index (χ1n) is 8.48. The Morgan fingerprint density at radius 2 is 2.00 bits per heavy atom. The van der Waals surface area contributed by atoms with Crippen LogP contribution >= 0.6 is 11.8 Å². The Hall–Kier alpha value is -1.53. The number of likely N-dealkylation sites (N-methyl/N-ethyl adjacent to an activating group) is 1. The van der Waals surface area contributed by atoms with E-state index in [2.05, 4.69) is 6.92 Å². The van der Waals surface area contributed by atoms with Crippen LogP contribution in [0.5, 0.6) is 0 Å². The topological polar surface area (TPSA) is 60.9 Å². The molecule has 132 valence electrons. The summed E-state index contributed by atoms with van der Waals surface area (Å²) in [6, 6.07) is 7.06. The Kier molecular flexibility index (Phi) is 7.12. The average molecular weight is 350 g/mol. The fraction of sp³-hybridized carbons (Fsp3) is 0.556. The van der Waals surface area contributed by atoms with Gasteiger partial charge in [-0.05, 0) is 30.7 Å². The maximum Gasteiger partial charge on any atom is 0.254 e. The smallest absolute Gasteiger partial charge is 0.254 e. The predicted molar refractivity (Wildman–Crippen MR) is 96.2 cm³/mol.